The first-order valence-corrected chi connectivity index (χ1v) is 10.5. The van der Waals surface area contributed by atoms with Gasteiger partial charge in [0.2, 0.25) is 5.88 Å². The van der Waals surface area contributed by atoms with Crippen LogP contribution in [0.15, 0.2) is 97.3 Å². The third kappa shape index (κ3) is 4.59. The number of amides is 1. The quantitative estimate of drug-likeness (QED) is 0.423. The molecule has 1 amide bonds. The molecule has 6 heteroatoms. The van der Waals surface area contributed by atoms with Crippen LogP contribution in [0.2, 0.25) is 0 Å². The van der Waals surface area contributed by atoms with Crippen LogP contribution in [0.25, 0.3) is 0 Å². The lowest BCUT2D eigenvalue weighted by molar-refractivity contribution is 0.0947. The molecule has 0 unspecified atom stereocenters. The van der Waals surface area contributed by atoms with E-state index in [1.165, 1.54) is 5.56 Å². The summed E-state index contributed by atoms with van der Waals surface area (Å²) < 4.78 is 5.93. The predicted octanol–water partition coefficient (Wildman–Crippen LogP) is 5.30. The highest BCUT2D eigenvalue weighted by Crippen LogP contribution is 2.41. The van der Waals surface area contributed by atoms with Crippen LogP contribution in [-0.4, -0.2) is 21.9 Å². The Kier molecular flexibility index (Phi) is 5.49. The van der Waals surface area contributed by atoms with E-state index in [0.717, 1.165) is 17.9 Å². The van der Waals surface area contributed by atoms with E-state index in [4.69, 9.17) is 4.74 Å². The molecule has 0 saturated heterocycles. The molecule has 1 fully saturated rings. The van der Waals surface area contributed by atoms with E-state index in [1.54, 1.807) is 24.5 Å². The summed E-state index contributed by atoms with van der Waals surface area (Å²) in [6.07, 6.45) is 4.29. The number of anilines is 2. The molecule has 32 heavy (non-hydrogen) atoms. The lowest BCUT2D eigenvalue weighted by Gasteiger charge is -2.11. The van der Waals surface area contributed by atoms with Crippen molar-refractivity contribution >= 4 is 17.4 Å². The Hall–Kier alpha value is -4.19. The van der Waals surface area contributed by atoms with Crippen LogP contribution in [0.5, 0.6) is 11.6 Å². The minimum absolute atomic E-state index is 0.134. The Labute approximate surface area is 186 Å². The van der Waals surface area contributed by atoms with Crippen molar-refractivity contribution < 1.29 is 9.53 Å². The van der Waals surface area contributed by atoms with E-state index in [-0.39, 0.29) is 17.8 Å². The molecule has 2 atom stereocenters. The maximum absolute atomic E-state index is 12.9. The second-order valence-corrected chi connectivity index (χ2v) is 7.66. The molecular weight excluding hydrogens is 400 g/mol. The van der Waals surface area contributed by atoms with Gasteiger partial charge in [-0.15, -0.1) is 0 Å². The first kappa shape index (κ1) is 19.8. The zero-order valence-electron chi connectivity index (χ0n) is 17.3. The smallest absolute Gasteiger partial charge is 0.257 e. The number of carbonyl (C=O) groups excluding carboxylic acids is 1. The zero-order chi connectivity index (χ0) is 21.8. The van der Waals surface area contributed by atoms with Crippen molar-refractivity contribution in [3.05, 3.63) is 108 Å². The third-order valence-corrected chi connectivity index (χ3v) is 5.36. The van der Waals surface area contributed by atoms with Gasteiger partial charge in [-0.1, -0.05) is 36.4 Å². The van der Waals surface area contributed by atoms with Crippen LogP contribution in [0.3, 0.4) is 0 Å². The molecule has 2 aromatic carbocycles. The number of hydrogen-bond acceptors (Lipinski definition) is 5. The summed E-state index contributed by atoms with van der Waals surface area (Å²) in [5, 5.41) is 6.33. The first-order valence-electron chi connectivity index (χ1n) is 10.5. The van der Waals surface area contributed by atoms with Crippen LogP contribution in [0, 0.1) is 0 Å². The molecule has 0 radical (unpaired) electrons. The molecule has 6 nitrogen and oxygen atoms in total. The van der Waals surface area contributed by atoms with Gasteiger partial charge in [0, 0.05) is 30.0 Å². The molecule has 5 rings (SSSR count). The van der Waals surface area contributed by atoms with Gasteiger partial charge in [0.1, 0.15) is 17.1 Å². The van der Waals surface area contributed by atoms with Crippen molar-refractivity contribution in [2.75, 3.05) is 5.32 Å². The number of benzene rings is 2. The van der Waals surface area contributed by atoms with Crippen LogP contribution in [0.1, 0.15) is 28.3 Å². The van der Waals surface area contributed by atoms with Gasteiger partial charge in [-0.2, -0.15) is 0 Å². The minimum atomic E-state index is -0.176. The lowest BCUT2D eigenvalue weighted by atomic mass is 10.1. The molecule has 2 aromatic heterocycles. The maximum atomic E-state index is 12.9. The van der Waals surface area contributed by atoms with Gasteiger partial charge in [-0.05, 0) is 60.5 Å². The number of carbonyl (C=O) groups is 1. The normalized spacial score (nSPS) is 16.8. The summed E-state index contributed by atoms with van der Waals surface area (Å²) in [4.78, 5) is 21.4. The van der Waals surface area contributed by atoms with Crippen molar-refractivity contribution in [2.24, 2.45) is 0 Å². The van der Waals surface area contributed by atoms with E-state index >= 15 is 0 Å². The average molecular weight is 422 g/mol. The van der Waals surface area contributed by atoms with E-state index in [1.807, 2.05) is 60.7 Å². The molecule has 2 heterocycles. The average Bonchev–Trinajstić information content (AvgIpc) is 3.61. The van der Waals surface area contributed by atoms with Gasteiger partial charge >= 0.3 is 0 Å². The fraction of sp³-hybridized carbons (Fsp3) is 0.115. The van der Waals surface area contributed by atoms with Crippen molar-refractivity contribution in [2.45, 2.75) is 18.4 Å². The van der Waals surface area contributed by atoms with Crippen molar-refractivity contribution in [1.82, 2.24) is 15.3 Å². The highest BCUT2D eigenvalue weighted by molar-refractivity contribution is 5.96. The van der Waals surface area contributed by atoms with Gasteiger partial charge < -0.3 is 15.4 Å². The Balaban J connectivity index is 1.24. The molecule has 0 bridgehead atoms. The van der Waals surface area contributed by atoms with E-state index < -0.39 is 0 Å². The highest BCUT2D eigenvalue weighted by atomic mass is 16.5. The molecule has 0 aliphatic heterocycles. The molecule has 1 saturated carbocycles. The Morgan fingerprint density at radius 2 is 1.62 bits per heavy atom. The van der Waals surface area contributed by atoms with Crippen molar-refractivity contribution in [3.63, 3.8) is 0 Å². The summed E-state index contributed by atoms with van der Waals surface area (Å²) in [7, 11) is 0. The third-order valence-electron chi connectivity index (χ3n) is 5.36. The fourth-order valence-electron chi connectivity index (χ4n) is 3.62. The van der Waals surface area contributed by atoms with Crippen molar-refractivity contribution in [3.8, 4) is 11.6 Å². The predicted molar refractivity (Wildman–Crippen MR) is 123 cm³/mol. The van der Waals surface area contributed by atoms with Crippen LogP contribution < -0.4 is 15.4 Å². The van der Waals surface area contributed by atoms with E-state index in [0.29, 0.717) is 17.2 Å². The molecule has 0 spiro atoms. The number of ether oxygens (including phenoxy) is 1. The van der Waals surface area contributed by atoms with Crippen molar-refractivity contribution in [1.29, 1.82) is 0 Å². The summed E-state index contributed by atoms with van der Waals surface area (Å²) in [6, 6.07) is 27.0. The second kappa shape index (κ2) is 8.89. The standard InChI is InChI=1S/C26H22N4O2/c31-25(30-23-17-22(23)18-7-2-1-3-8-18)21-9-6-16-28-26(21)32-20-13-11-19(12-14-20)29-24-10-4-5-15-27-24/h1-16,22-23H,17H2,(H,27,29)(H,30,31)/t22-,23+/m0/s1. The molecule has 1 aliphatic rings. The Morgan fingerprint density at radius 3 is 2.41 bits per heavy atom. The molecule has 158 valence electrons. The number of rotatable bonds is 7. The monoisotopic (exact) mass is 422 g/mol. The second-order valence-electron chi connectivity index (χ2n) is 7.66. The first-order chi connectivity index (χ1) is 15.8. The number of hydrogen-bond donors (Lipinski definition) is 2. The fourth-order valence-corrected chi connectivity index (χ4v) is 3.62. The van der Waals surface area contributed by atoms with Gasteiger partial charge in [0.05, 0.1) is 0 Å². The van der Waals surface area contributed by atoms with Crippen LogP contribution in [0.4, 0.5) is 11.5 Å². The van der Waals surface area contributed by atoms with Gasteiger partial charge in [0.15, 0.2) is 0 Å². The minimum Gasteiger partial charge on any atom is -0.438 e. The van der Waals surface area contributed by atoms with Gasteiger partial charge in [0.25, 0.3) is 5.91 Å². The number of nitrogens with zero attached hydrogens (tertiary/aromatic N) is 2. The number of nitrogens with one attached hydrogen (secondary N) is 2. The molecule has 1 aliphatic carbocycles. The summed E-state index contributed by atoms with van der Waals surface area (Å²) in [5.74, 6) is 1.83. The largest absolute Gasteiger partial charge is 0.438 e. The molecule has 2 N–H and O–H groups in total. The SMILES string of the molecule is O=C(N[C@@H]1C[C@H]1c1ccccc1)c1cccnc1Oc1ccc(Nc2ccccn2)cc1. The van der Waals surface area contributed by atoms with Crippen LogP contribution >= 0.6 is 0 Å². The van der Waals surface area contributed by atoms with E-state index in [9.17, 15) is 4.79 Å². The van der Waals surface area contributed by atoms with Crippen LogP contribution in [-0.2, 0) is 0 Å². The zero-order valence-corrected chi connectivity index (χ0v) is 17.3. The highest BCUT2D eigenvalue weighted by Gasteiger charge is 2.39. The van der Waals surface area contributed by atoms with Gasteiger partial charge in [-0.25, -0.2) is 9.97 Å². The Morgan fingerprint density at radius 1 is 0.844 bits per heavy atom. The molecular formula is C26H22N4O2. The summed E-state index contributed by atoms with van der Waals surface area (Å²) in [6.45, 7) is 0. The molecule has 4 aromatic rings. The summed E-state index contributed by atoms with van der Waals surface area (Å²) >= 11 is 0. The Bertz CT molecular complexity index is 1200. The number of aromatic nitrogens is 2. The lowest BCUT2D eigenvalue weighted by Crippen LogP contribution is -2.27. The number of pyridine rings is 2. The summed E-state index contributed by atoms with van der Waals surface area (Å²) in [5.41, 5.74) is 2.55. The van der Waals surface area contributed by atoms with Gasteiger partial charge in [-0.3, -0.25) is 4.79 Å². The topological polar surface area (TPSA) is 76.1 Å². The van der Waals surface area contributed by atoms with E-state index in [2.05, 4.69) is 32.7 Å². The maximum Gasteiger partial charge on any atom is 0.257 e.